The molecule has 16 heavy (non-hydrogen) atoms. The summed E-state index contributed by atoms with van der Waals surface area (Å²) in [4.78, 5) is 2.45. The second-order valence-corrected chi connectivity index (χ2v) is 4.94. The van der Waals surface area contributed by atoms with Crippen LogP contribution in [0.25, 0.3) is 0 Å². The highest BCUT2D eigenvalue weighted by atomic mass is 16.5. The first-order valence-electron chi connectivity index (χ1n) is 6.09. The van der Waals surface area contributed by atoms with Crippen molar-refractivity contribution < 1.29 is 4.52 Å². The van der Waals surface area contributed by atoms with Gasteiger partial charge in [0.2, 0.25) is 0 Å². The predicted octanol–water partition coefficient (Wildman–Crippen LogP) is 1.49. The van der Waals surface area contributed by atoms with Crippen LogP contribution in [0.5, 0.6) is 0 Å². The van der Waals surface area contributed by atoms with Crippen LogP contribution in [0.2, 0.25) is 0 Å². The molecule has 90 valence electrons. The van der Waals surface area contributed by atoms with E-state index in [0.29, 0.717) is 6.04 Å². The average molecular weight is 223 g/mol. The van der Waals surface area contributed by atoms with Crippen molar-refractivity contribution in [3.05, 3.63) is 18.0 Å². The fraction of sp³-hybridized carbons (Fsp3) is 0.750. The molecule has 0 amide bonds. The number of nitrogens with one attached hydrogen (secondary N) is 1. The van der Waals surface area contributed by atoms with Gasteiger partial charge in [-0.15, -0.1) is 0 Å². The lowest BCUT2D eigenvalue weighted by Gasteiger charge is -2.15. The molecule has 4 nitrogen and oxygen atoms in total. The highest BCUT2D eigenvalue weighted by Crippen LogP contribution is 2.17. The lowest BCUT2D eigenvalue weighted by Crippen LogP contribution is -2.30. The van der Waals surface area contributed by atoms with Crippen LogP contribution in [0.15, 0.2) is 16.9 Å². The molecule has 4 heteroatoms. The molecule has 0 aliphatic carbocycles. The fourth-order valence-electron chi connectivity index (χ4n) is 2.17. The first-order chi connectivity index (χ1) is 7.74. The SMILES string of the molecule is CC(C)NCC1CCN(Cc2ccon2)C1. The first-order valence-corrected chi connectivity index (χ1v) is 6.09. The van der Waals surface area contributed by atoms with Crippen molar-refractivity contribution in [3.8, 4) is 0 Å². The third-order valence-corrected chi connectivity index (χ3v) is 3.06. The molecule has 0 saturated carbocycles. The Balaban J connectivity index is 1.71. The molecular weight excluding hydrogens is 202 g/mol. The van der Waals surface area contributed by atoms with Crippen LogP contribution in [0.1, 0.15) is 26.0 Å². The highest BCUT2D eigenvalue weighted by Gasteiger charge is 2.22. The summed E-state index contributed by atoms with van der Waals surface area (Å²) in [5, 5.41) is 7.45. The molecule has 2 heterocycles. The first kappa shape index (κ1) is 11.6. The summed E-state index contributed by atoms with van der Waals surface area (Å²) >= 11 is 0. The number of likely N-dealkylation sites (tertiary alicyclic amines) is 1. The highest BCUT2D eigenvalue weighted by molar-refractivity contribution is 4.96. The quantitative estimate of drug-likeness (QED) is 0.821. The summed E-state index contributed by atoms with van der Waals surface area (Å²) in [6, 6.07) is 2.53. The molecule has 1 fully saturated rings. The van der Waals surface area contributed by atoms with Gasteiger partial charge in [0.15, 0.2) is 0 Å². The van der Waals surface area contributed by atoms with Gasteiger partial charge < -0.3 is 9.84 Å². The van der Waals surface area contributed by atoms with Gasteiger partial charge in [-0.25, -0.2) is 0 Å². The van der Waals surface area contributed by atoms with Crippen LogP contribution in [-0.4, -0.2) is 35.7 Å². The topological polar surface area (TPSA) is 41.3 Å². The summed E-state index contributed by atoms with van der Waals surface area (Å²) in [6.07, 6.45) is 2.93. The van der Waals surface area contributed by atoms with Gasteiger partial charge >= 0.3 is 0 Å². The molecule has 1 aromatic heterocycles. The molecule has 1 aromatic rings. The maximum atomic E-state index is 4.84. The second-order valence-electron chi connectivity index (χ2n) is 4.94. The maximum absolute atomic E-state index is 4.84. The van der Waals surface area contributed by atoms with E-state index >= 15 is 0 Å². The zero-order chi connectivity index (χ0) is 11.4. The molecule has 0 aromatic carbocycles. The van der Waals surface area contributed by atoms with Crippen LogP contribution in [0.4, 0.5) is 0 Å². The molecule has 1 N–H and O–H groups in total. The molecule has 1 aliphatic heterocycles. The van der Waals surface area contributed by atoms with E-state index < -0.39 is 0 Å². The van der Waals surface area contributed by atoms with Crippen molar-refractivity contribution in [3.63, 3.8) is 0 Å². The van der Waals surface area contributed by atoms with E-state index in [1.165, 1.54) is 19.5 Å². The summed E-state index contributed by atoms with van der Waals surface area (Å²) in [5.74, 6) is 0.786. The molecule has 0 spiro atoms. The number of hydrogen-bond acceptors (Lipinski definition) is 4. The number of rotatable bonds is 5. The van der Waals surface area contributed by atoms with Crippen molar-refractivity contribution in [2.45, 2.75) is 32.9 Å². The van der Waals surface area contributed by atoms with Crippen LogP contribution in [0, 0.1) is 5.92 Å². The van der Waals surface area contributed by atoms with Crippen LogP contribution >= 0.6 is 0 Å². The van der Waals surface area contributed by atoms with Crippen molar-refractivity contribution in [2.75, 3.05) is 19.6 Å². The van der Waals surface area contributed by atoms with Crippen molar-refractivity contribution >= 4 is 0 Å². The van der Waals surface area contributed by atoms with Gasteiger partial charge in [0.1, 0.15) is 6.26 Å². The van der Waals surface area contributed by atoms with Crippen LogP contribution in [-0.2, 0) is 6.54 Å². The third-order valence-electron chi connectivity index (χ3n) is 3.06. The summed E-state index contributed by atoms with van der Waals surface area (Å²) in [7, 11) is 0. The Morgan fingerprint density at radius 2 is 2.50 bits per heavy atom. The molecule has 1 atom stereocenters. The van der Waals surface area contributed by atoms with Gasteiger partial charge in [-0.1, -0.05) is 19.0 Å². The average Bonchev–Trinajstić information content (AvgIpc) is 2.87. The Morgan fingerprint density at radius 3 is 3.19 bits per heavy atom. The molecular formula is C12H21N3O. The van der Waals surface area contributed by atoms with Crippen LogP contribution < -0.4 is 5.32 Å². The lowest BCUT2D eigenvalue weighted by molar-refractivity contribution is 0.299. The van der Waals surface area contributed by atoms with E-state index in [2.05, 4.69) is 29.2 Å². The molecule has 2 rings (SSSR count). The standard InChI is InChI=1S/C12H21N3O/c1-10(2)13-7-11-3-5-15(8-11)9-12-4-6-16-14-12/h4,6,10-11,13H,3,5,7-9H2,1-2H3. The Kier molecular flexibility index (Phi) is 3.96. The van der Waals surface area contributed by atoms with Gasteiger partial charge in [-0.3, -0.25) is 4.90 Å². The van der Waals surface area contributed by atoms with Crippen molar-refractivity contribution in [1.82, 2.24) is 15.4 Å². The minimum absolute atomic E-state index is 0.588. The van der Waals surface area contributed by atoms with Gasteiger partial charge in [-0.2, -0.15) is 0 Å². The lowest BCUT2D eigenvalue weighted by atomic mass is 10.1. The minimum Gasteiger partial charge on any atom is -0.364 e. The van der Waals surface area contributed by atoms with Gasteiger partial charge in [0, 0.05) is 25.2 Å². The van der Waals surface area contributed by atoms with Gasteiger partial charge in [-0.05, 0) is 25.4 Å². The number of hydrogen-bond donors (Lipinski definition) is 1. The van der Waals surface area contributed by atoms with E-state index in [4.69, 9.17) is 4.52 Å². The fourth-order valence-corrected chi connectivity index (χ4v) is 2.17. The predicted molar refractivity (Wildman–Crippen MR) is 63.0 cm³/mol. The summed E-state index contributed by atoms with van der Waals surface area (Å²) in [6.45, 7) is 8.80. The Labute approximate surface area is 97.0 Å². The molecule has 0 radical (unpaired) electrons. The van der Waals surface area contributed by atoms with Crippen molar-refractivity contribution in [1.29, 1.82) is 0 Å². The zero-order valence-corrected chi connectivity index (χ0v) is 10.1. The number of nitrogens with zero attached hydrogens (tertiary/aromatic N) is 2. The van der Waals surface area contributed by atoms with E-state index in [9.17, 15) is 0 Å². The van der Waals surface area contributed by atoms with Gasteiger partial charge in [0.05, 0.1) is 5.69 Å². The maximum Gasteiger partial charge on any atom is 0.124 e. The monoisotopic (exact) mass is 223 g/mol. The zero-order valence-electron chi connectivity index (χ0n) is 10.1. The van der Waals surface area contributed by atoms with E-state index in [0.717, 1.165) is 24.7 Å². The minimum atomic E-state index is 0.588. The Bertz CT molecular complexity index is 297. The Hall–Kier alpha value is -0.870. The third kappa shape index (κ3) is 3.32. The van der Waals surface area contributed by atoms with E-state index in [-0.39, 0.29) is 0 Å². The molecule has 0 bridgehead atoms. The van der Waals surface area contributed by atoms with Crippen LogP contribution in [0.3, 0.4) is 0 Å². The van der Waals surface area contributed by atoms with Crippen molar-refractivity contribution in [2.24, 2.45) is 5.92 Å². The second kappa shape index (κ2) is 5.46. The normalized spacial score (nSPS) is 22.1. The van der Waals surface area contributed by atoms with E-state index in [1.807, 2.05) is 6.07 Å². The molecule has 1 unspecified atom stereocenters. The van der Waals surface area contributed by atoms with E-state index in [1.54, 1.807) is 6.26 Å². The summed E-state index contributed by atoms with van der Waals surface area (Å²) in [5.41, 5.74) is 1.04. The summed E-state index contributed by atoms with van der Waals surface area (Å²) < 4.78 is 4.84. The van der Waals surface area contributed by atoms with Gasteiger partial charge in [0.25, 0.3) is 0 Å². The largest absolute Gasteiger partial charge is 0.364 e. The smallest absolute Gasteiger partial charge is 0.124 e. The molecule has 1 aliphatic rings. The Morgan fingerprint density at radius 1 is 1.62 bits per heavy atom. The molecule has 1 saturated heterocycles. The number of aromatic nitrogens is 1.